The monoisotopic (exact) mass is 286 g/mol. The van der Waals surface area contributed by atoms with E-state index in [0.717, 1.165) is 31.7 Å². The summed E-state index contributed by atoms with van der Waals surface area (Å²) in [4.78, 5) is 2.29. The smallest absolute Gasteiger partial charge is 0.165 e. The lowest BCUT2D eigenvalue weighted by Crippen LogP contribution is -2.34. The molecule has 0 saturated heterocycles. The quantitative estimate of drug-likeness (QED) is 0.878. The van der Waals surface area contributed by atoms with Gasteiger partial charge in [0.25, 0.3) is 0 Å². The minimum Gasteiger partial charge on any atom is -0.489 e. The van der Waals surface area contributed by atoms with Crippen LogP contribution in [0.25, 0.3) is 0 Å². The molecule has 0 spiro atoms. The summed E-state index contributed by atoms with van der Waals surface area (Å²) < 4.78 is 19.0. The summed E-state index contributed by atoms with van der Waals surface area (Å²) in [5, 5.41) is 0. The van der Waals surface area contributed by atoms with E-state index < -0.39 is 0 Å². The molecule has 3 rings (SSSR count). The van der Waals surface area contributed by atoms with E-state index in [0.29, 0.717) is 12.4 Å². The van der Waals surface area contributed by atoms with Gasteiger partial charge in [0.05, 0.1) is 0 Å². The molecular formula is C17H19FN2O. The second-order valence-corrected chi connectivity index (χ2v) is 5.29. The minimum atomic E-state index is -0.314. The minimum absolute atomic E-state index is 0.314. The second kappa shape index (κ2) is 6.14. The first kappa shape index (κ1) is 13.9. The van der Waals surface area contributed by atoms with Crippen LogP contribution in [0.1, 0.15) is 11.1 Å². The van der Waals surface area contributed by atoms with Gasteiger partial charge < -0.3 is 10.5 Å². The molecule has 1 aliphatic heterocycles. The van der Waals surface area contributed by atoms with Crippen molar-refractivity contribution in [2.45, 2.75) is 13.0 Å². The van der Waals surface area contributed by atoms with Crippen molar-refractivity contribution >= 4 is 5.69 Å². The van der Waals surface area contributed by atoms with Crippen LogP contribution in [0.5, 0.6) is 5.75 Å². The van der Waals surface area contributed by atoms with Gasteiger partial charge in [0.2, 0.25) is 0 Å². The summed E-state index contributed by atoms with van der Waals surface area (Å²) in [5.41, 5.74) is 9.44. The number of nitrogen functional groups attached to an aromatic ring is 1. The molecular weight excluding hydrogens is 267 g/mol. The van der Waals surface area contributed by atoms with E-state index in [1.54, 1.807) is 18.2 Å². The number of halogens is 1. The van der Waals surface area contributed by atoms with E-state index in [1.807, 2.05) is 12.1 Å². The van der Waals surface area contributed by atoms with Crippen LogP contribution >= 0.6 is 0 Å². The molecule has 0 saturated carbocycles. The summed E-state index contributed by atoms with van der Waals surface area (Å²) in [6.07, 6.45) is 1.00. The number of hydrogen-bond donors (Lipinski definition) is 1. The third-order valence-corrected chi connectivity index (χ3v) is 3.89. The third-order valence-electron chi connectivity index (χ3n) is 3.89. The van der Waals surface area contributed by atoms with Crippen LogP contribution < -0.4 is 10.5 Å². The van der Waals surface area contributed by atoms with Gasteiger partial charge in [0.1, 0.15) is 6.61 Å². The first-order valence-electron chi connectivity index (χ1n) is 7.20. The molecule has 110 valence electrons. The molecule has 0 atom stereocenters. The second-order valence-electron chi connectivity index (χ2n) is 5.29. The van der Waals surface area contributed by atoms with Crippen molar-refractivity contribution in [3.63, 3.8) is 0 Å². The molecule has 21 heavy (non-hydrogen) atoms. The highest BCUT2D eigenvalue weighted by Crippen LogP contribution is 2.24. The fraction of sp³-hybridized carbons (Fsp3) is 0.294. The Kier molecular flexibility index (Phi) is 4.06. The Morgan fingerprint density at radius 1 is 1.14 bits per heavy atom. The maximum absolute atomic E-state index is 13.5. The average Bonchev–Trinajstić information content (AvgIpc) is 2.50. The van der Waals surface area contributed by atoms with Gasteiger partial charge in [-0.2, -0.15) is 0 Å². The van der Waals surface area contributed by atoms with Crippen molar-refractivity contribution in [2.24, 2.45) is 0 Å². The maximum Gasteiger partial charge on any atom is 0.165 e. The van der Waals surface area contributed by atoms with E-state index in [9.17, 15) is 4.39 Å². The molecule has 0 aliphatic carbocycles. The van der Waals surface area contributed by atoms with Crippen molar-refractivity contribution in [3.05, 3.63) is 59.4 Å². The van der Waals surface area contributed by atoms with Crippen molar-refractivity contribution < 1.29 is 9.13 Å². The lowest BCUT2D eigenvalue weighted by molar-refractivity contribution is 0.193. The van der Waals surface area contributed by atoms with Gasteiger partial charge in [0, 0.05) is 25.3 Å². The Morgan fingerprint density at radius 2 is 2.00 bits per heavy atom. The molecule has 1 aliphatic rings. The Balaban J connectivity index is 1.56. The standard InChI is InChI=1S/C17H19FN2O/c18-15-5-1-2-7-17(15)21-11-10-20-9-8-13-4-3-6-16(19)14(13)12-20/h1-7H,8-12,19H2. The molecule has 2 N–H and O–H groups in total. The van der Waals surface area contributed by atoms with Gasteiger partial charge in [-0.1, -0.05) is 24.3 Å². The molecule has 0 aromatic heterocycles. The fourth-order valence-corrected chi connectivity index (χ4v) is 2.70. The zero-order chi connectivity index (χ0) is 14.7. The molecule has 0 unspecified atom stereocenters. The predicted octanol–water partition coefficient (Wildman–Crippen LogP) is 2.85. The molecule has 3 nitrogen and oxygen atoms in total. The lowest BCUT2D eigenvalue weighted by Gasteiger charge is -2.29. The van der Waals surface area contributed by atoms with Gasteiger partial charge in [-0.05, 0) is 35.7 Å². The Morgan fingerprint density at radius 3 is 2.86 bits per heavy atom. The van der Waals surface area contributed by atoms with Gasteiger partial charge in [0.15, 0.2) is 11.6 Å². The highest BCUT2D eigenvalue weighted by atomic mass is 19.1. The van der Waals surface area contributed by atoms with E-state index in [1.165, 1.54) is 17.2 Å². The average molecular weight is 286 g/mol. The van der Waals surface area contributed by atoms with Gasteiger partial charge >= 0.3 is 0 Å². The number of benzene rings is 2. The maximum atomic E-state index is 13.5. The van der Waals surface area contributed by atoms with Crippen LogP contribution in [0.2, 0.25) is 0 Å². The topological polar surface area (TPSA) is 38.5 Å². The Bertz CT molecular complexity index is 630. The fourth-order valence-electron chi connectivity index (χ4n) is 2.70. The number of hydrogen-bond acceptors (Lipinski definition) is 3. The van der Waals surface area contributed by atoms with E-state index >= 15 is 0 Å². The number of anilines is 1. The first-order valence-corrected chi connectivity index (χ1v) is 7.20. The molecule has 0 bridgehead atoms. The summed E-state index contributed by atoms with van der Waals surface area (Å²) in [7, 11) is 0. The third kappa shape index (κ3) is 3.16. The van der Waals surface area contributed by atoms with Crippen LogP contribution in [0, 0.1) is 5.82 Å². The molecule has 2 aromatic carbocycles. The zero-order valence-corrected chi connectivity index (χ0v) is 11.9. The van der Waals surface area contributed by atoms with Crippen LogP contribution in [0.3, 0.4) is 0 Å². The van der Waals surface area contributed by atoms with Crippen molar-refractivity contribution in [1.29, 1.82) is 0 Å². The van der Waals surface area contributed by atoms with E-state index in [2.05, 4.69) is 11.0 Å². The lowest BCUT2D eigenvalue weighted by atomic mass is 9.98. The zero-order valence-electron chi connectivity index (χ0n) is 11.9. The van der Waals surface area contributed by atoms with Crippen molar-refractivity contribution in [1.82, 2.24) is 4.90 Å². The molecule has 0 fully saturated rings. The Hall–Kier alpha value is -2.07. The van der Waals surface area contributed by atoms with Crippen LogP contribution in [0.4, 0.5) is 10.1 Å². The Labute approximate surface area is 124 Å². The number of fused-ring (bicyclic) bond motifs is 1. The molecule has 0 radical (unpaired) electrons. The molecule has 4 heteroatoms. The summed E-state index contributed by atoms with van der Waals surface area (Å²) in [6, 6.07) is 12.6. The summed E-state index contributed by atoms with van der Waals surface area (Å²) in [6.45, 7) is 3.06. The van der Waals surface area contributed by atoms with Crippen LogP contribution in [-0.2, 0) is 13.0 Å². The number of rotatable bonds is 4. The number of para-hydroxylation sites is 1. The normalized spacial score (nSPS) is 14.7. The molecule has 1 heterocycles. The highest BCUT2D eigenvalue weighted by Gasteiger charge is 2.17. The predicted molar refractivity (Wildman–Crippen MR) is 81.7 cm³/mol. The highest BCUT2D eigenvalue weighted by molar-refractivity contribution is 5.51. The van der Waals surface area contributed by atoms with E-state index in [-0.39, 0.29) is 5.82 Å². The summed E-state index contributed by atoms with van der Waals surface area (Å²) >= 11 is 0. The van der Waals surface area contributed by atoms with E-state index in [4.69, 9.17) is 10.5 Å². The van der Waals surface area contributed by atoms with Crippen LogP contribution in [0.15, 0.2) is 42.5 Å². The van der Waals surface area contributed by atoms with Crippen molar-refractivity contribution in [3.8, 4) is 5.75 Å². The van der Waals surface area contributed by atoms with Gasteiger partial charge in [-0.3, -0.25) is 4.90 Å². The van der Waals surface area contributed by atoms with Gasteiger partial charge in [-0.25, -0.2) is 4.39 Å². The summed E-state index contributed by atoms with van der Waals surface area (Å²) in [5.74, 6) is 0.000146. The molecule has 2 aromatic rings. The SMILES string of the molecule is Nc1cccc2c1CN(CCOc1ccccc1F)CC2. The molecule has 0 amide bonds. The van der Waals surface area contributed by atoms with Gasteiger partial charge in [-0.15, -0.1) is 0 Å². The number of nitrogens with zero attached hydrogens (tertiary/aromatic N) is 1. The van der Waals surface area contributed by atoms with Crippen LogP contribution in [-0.4, -0.2) is 24.6 Å². The number of nitrogens with two attached hydrogens (primary N) is 1. The number of ether oxygens (including phenoxy) is 1. The first-order chi connectivity index (χ1) is 10.2. The largest absolute Gasteiger partial charge is 0.489 e. The van der Waals surface area contributed by atoms with Crippen molar-refractivity contribution in [2.75, 3.05) is 25.4 Å².